The summed E-state index contributed by atoms with van der Waals surface area (Å²) in [5.74, 6) is 0. The first kappa shape index (κ1) is 9.24. The summed E-state index contributed by atoms with van der Waals surface area (Å²) in [4.78, 5) is 2.29. The van der Waals surface area contributed by atoms with E-state index in [9.17, 15) is 0 Å². The van der Waals surface area contributed by atoms with Crippen molar-refractivity contribution in [3.8, 4) is 12.1 Å². The molecule has 3 rings (SSSR count). The number of hydrogen-bond donors (Lipinski definition) is 0. The van der Waals surface area contributed by atoms with Gasteiger partial charge >= 0.3 is 0 Å². The van der Waals surface area contributed by atoms with Crippen LogP contribution in [0.1, 0.15) is 24.0 Å². The first-order valence-electron chi connectivity index (χ1n) is 5.46. The molecular formula is C13H11N3. The lowest BCUT2D eigenvalue weighted by Crippen LogP contribution is -2.48. The van der Waals surface area contributed by atoms with E-state index in [2.05, 4.69) is 11.0 Å². The van der Waals surface area contributed by atoms with Crippen molar-refractivity contribution < 1.29 is 0 Å². The standard InChI is InChI=1S/C13H11N3/c14-6-10-1-2-12(5-11(10)7-15)16-8-13(9-16)3-4-13/h1-2,5H,3-4,8-9H2. The number of nitriles is 2. The predicted octanol–water partition coefficient (Wildman–Crippen LogP) is 2.03. The van der Waals surface area contributed by atoms with E-state index >= 15 is 0 Å². The van der Waals surface area contributed by atoms with E-state index in [-0.39, 0.29) is 0 Å². The summed E-state index contributed by atoms with van der Waals surface area (Å²) in [7, 11) is 0. The molecule has 2 fully saturated rings. The molecule has 1 aromatic carbocycles. The second kappa shape index (κ2) is 3.00. The van der Waals surface area contributed by atoms with Crippen molar-refractivity contribution in [1.29, 1.82) is 10.5 Å². The summed E-state index contributed by atoms with van der Waals surface area (Å²) >= 11 is 0. The molecule has 16 heavy (non-hydrogen) atoms. The third kappa shape index (κ3) is 1.26. The molecule has 0 atom stereocenters. The Labute approximate surface area is 94.5 Å². The Bertz CT molecular complexity index is 521. The van der Waals surface area contributed by atoms with Gasteiger partial charge in [-0.25, -0.2) is 0 Å². The molecule has 1 saturated carbocycles. The molecule has 0 amide bonds. The van der Waals surface area contributed by atoms with E-state index in [1.54, 1.807) is 6.07 Å². The highest BCUT2D eigenvalue weighted by Gasteiger charge is 2.52. The lowest BCUT2D eigenvalue weighted by atomic mass is 9.95. The Hall–Kier alpha value is -2.00. The van der Waals surface area contributed by atoms with Crippen LogP contribution in [0, 0.1) is 28.1 Å². The average molecular weight is 209 g/mol. The Morgan fingerprint density at radius 3 is 2.31 bits per heavy atom. The van der Waals surface area contributed by atoms with Gasteiger partial charge in [0.15, 0.2) is 0 Å². The molecule has 3 nitrogen and oxygen atoms in total. The Kier molecular flexibility index (Phi) is 1.73. The van der Waals surface area contributed by atoms with E-state index in [1.807, 2.05) is 18.2 Å². The molecule has 0 N–H and O–H groups in total. The van der Waals surface area contributed by atoms with Gasteiger partial charge < -0.3 is 4.90 Å². The minimum absolute atomic E-state index is 0.466. The molecule has 1 aromatic rings. The van der Waals surface area contributed by atoms with Gasteiger partial charge in [-0.05, 0) is 31.0 Å². The molecule has 0 bridgehead atoms. The van der Waals surface area contributed by atoms with E-state index in [1.165, 1.54) is 12.8 Å². The van der Waals surface area contributed by atoms with Crippen LogP contribution < -0.4 is 4.90 Å². The van der Waals surface area contributed by atoms with E-state index < -0.39 is 0 Å². The molecule has 2 aliphatic rings. The SMILES string of the molecule is N#Cc1ccc(N2CC3(CC3)C2)cc1C#N. The van der Waals surface area contributed by atoms with Crippen LogP contribution in [-0.4, -0.2) is 13.1 Å². The molecule has 0 radical (unpaired) electrons. The quantitative estimate of drug-likeness (QED) is 0.711. The van der Waals surface area contributed by atoms with Gasteiger partial charge in [0.1, 0.15) is 12.1 Å². The minimum atomic E-state index is 0.466. The van der Waals surface area contributed by atoms with Gasteiger partial charge in [0, 0.05) is 24.2 Å². The van der Waals surface area contributed by atoms with Gasteiger partial charge in [-0.1, -0.05) is 0 Å². The van der Waals surface area contributed by atoms with E-state index in [4.69, 9.17) is 10.5 Å². The van der Waals surface area contributed by atoms with Gasteiger partial charge in [-0.15, -0.1) is 0 Å². The molecule has 1 saturated heterocycles. The Balaban J connectivity index is 1.87. The fraction of sp³-hybridized carbons (Fsp3) is 0.385. The van der Waals surface area contributed by atoms with Crippen LogP contribution in [0.3, 0.4) is 0 Å². The summed E-state index contributed by atoms with van der Waals surface area (Å²) in [5, 5.41) is 17.8. The highest BCUT2D eigenvalue weighted by Crippen LogP contribution is 2.53. The third-order valence-electron chi connectivity index (χ3n) is 3.62. The molecule has 1 heterocycles. The van der Waals surface area contributed by atoms with Crippen molar-refractivity contribution in [2.24, 2.45) is 5.41 Å². The van der Waals surface area contributed by atoms with Crippen molar-refractivity contribution in [2.75, 3.05) is 18.0 Å². The number of anilines is 1. The number of nitrogens with zero attached hydrogens (tertiary/aromatic N) is 3. The second-order valence-electron chi connectivity index (χ2n) is 4.81. The van der Waals surface area contributed by atoms with Crippen LogP contribution in [-0.2, 0) is 0 Å². The monoisotopic (exact) mass is 209 g/mol. The molecule has 78 valence electrons. The maximum absolute atomic E-state index is 8.94. The third-order valence-corrected chi connectivity index (χ3v) is 3.62. The summed E-state index contributed by atoms with van der Waals surface area (Å²) in [6.45, 7) is 2.23. The van der Waals surface area contributed by atoms with E-state index in [0.717, 1.165) is 18.8 Å². The zero-order chi connectivity index (χ0) is 11.2. The Morgan fingerprint density at radius 2 is 1.75 bits per heavy atom. The predicted molar refractivity (Wildman–Crippen MR) is 59.8 cm³/mol. The van der Waals surface area contributed by atoms with Crippen LogP contribution >= 0.6 is 0 Å². The average Bonchev–Trinajstić information content (AvgIpc) is 3.06. The maximum Gasteiger partial charge on any atom is 0.101 e. The van der Waals surface area contributed by atoms with Gasteiger partial charge in [0.25, 0.3) is 0 Å². The molecule has 1 aliphatic carbocycles. The fourth-order valence-electron chi connectivity index (χ4n) is 2.36. The van der Waals surface area contributed by atoms with Crippen LogP contribution in [0.5, 0.6) is 0 Å². The van der Waals surface area contributed by atoms with Crippen molar-refractivity contribution >= 4 is 5.69 Å². The van der Waals surface area contributed by atoms with Crippen molar-refractivity contribution in [1.82, 2.24) is 0 Å². The summed E-state index contributed by atoms with van der Waals surface area (Å²) in [6, 6.07) is 9.62. The summed E-state index contributed by atoms with van der Waals surface area (Å²) < 4.78 is 0. The van der Waals surface area contributed by atoms with Crippen LogP contribution in [0.25, 0.3) is 0 Å². The van der Waals surface area contributed by atoms with Gasteiger partial charge in [-0.3, -0.25) is 0 Å². The zero-order valence-electron chi connectivity index (χ0n) is 8.90. The molecule has 3 heteroatoms. The number of rotatable bonds is 1. The van der Waals surface area contributed by atoms with Crippen LogP contribution in [0.2, 0.25) is 0 Å². The molecule has 0 aromatic heterocycles. The number of hydrogen-bond acceptors (Lipinski definition) is 3. The van der Waals surface area contributed by atoms with Gasteiger partial charge in [0.05, 0.1) is 11.1 Å². The van der Waals surface area contributed by atoms with Crippen molar-refractivity contribution in [2.45, 2.75) is 12.8 Å². The minimum Gasteiger partial charge on any atom is -0.370 e. The summed E-state index contributed by atoms with van der Waals surface area (Å²) in [6.07, 6.45) is 2.70. The van der Waals surface area contributed by atoms with Gasteiger partial charge in [0.2, 0.25) is 0 Å². The van der Waals surface area contributed by atoms with Crippen molar-refractivity contribution in [3.63, 3.8) is 0 Å². The lowest BCUT2D eigenvalue weighted by molar-refractivity contribution is 0.387. The molecule has 0 unspecified atom stereocenters. The smallest absolute Gasteiger partial charge is 0.101 e. The highest BCUT2D eigenvalue weighted by molar-refractivity contribution is 5.59. The lowest BCUT2D eigenvalue weighted by Gasteiger charge is -2.42. The molecule has 1 aliphatic heterocycles. The first-order chi connectivity index (χ1) is 7.76. The maximum atomic E-state index is 8.94. The first-order valence-corrected chi connectivity index (χ1v) is 5.46. The van der Waals surface area contributed by atoms with Gasteiger partial charge in [-0.2, -0.15) is 10.5 Å². The summed E-state index contributed by atoms with van der Waals surface area (Å²) in [5.41, 5.74) is 2.64. The van der Waals surface area contributed by atoms with Crippen molar-refractivity contribution in [3.05, 3.63) is 29.3 Å². The Morgan fingerprint density at radius 1 is 1.06 bits per heavy atom. The fourth-order valence-corrected chi connectivity index (χ4v) is 2.36. The normalized spacial score (nSPS) is 19.8. The van der Waals surface area contributed by atoms with Crippen LogP contribution in [0.4, 0.5) is 5.69 Å². The van der Waals surface area contributed by atoms with Crippen LogP contribution in [0.15, 0.2) is 18.2 Å². The largest absolute Gasteiger partial charge is 0.370 e. The number of benzene rings is 1. The van der Waals surface area contributed by atoms with E-state index in [0.29, 0.717) is 16.5 Å². The topological polar surface area (TPSA) is 50.8 Å². The second-order valence-corrected chi connectivity index (χ2v) is 4.81. The molecular weight excluding hydrogens is 198 g/mol. The zero-order valence-corrected chi connectivity index (χ0v) is 8.90. The highest BCUT2D eigenvalue weighted by atomic mass is 15.2. The molecule has 1 spiro atoms.